The molecule has 0 bridgehead atoms. The summed E-state index contributed by atoms with van der Waals surface area (Å²) in [6, 6.07) is 0. The monoisotopic (exact) mass is 309 g/mol. The Morgan fingerprint density at radius 2 is 2.23 bits per heavy atom. The lowest BCUT2D eigenvalue weighted by Gasteiger charge is -2.32. The number of aromatic nitrogens is 2. The first-order valence-electron chi connectivity index (χ1n) is 7.84. The number of anilines is 2. The van der Waals surface area contributed by atoms with Gasteiger partial charge in [0.1, 0.15) is 0 Å². The van der Waals surface area contributed by atoms with E-state index in [9.17, 15) is 4.39 Å². The number of hydrogen-bond donors (Lipinski definition) is 2. The van der Waals surface area contributed by atoms with Crippen molar-refractivity contribution >= 4 is 11.8 Å². The van der Waals surface area contributed by atoms with E-state index in [1.54, 1.807) is 19.0 Å². The van der Waals surface area contributed by atoms with Crippen LogP contribution in [0, 0.1) is 11.2 Å². The number of rotatable bonds is 4. The normalized spacial score (nSPS) is 23.7. The Balaban J connectivity index is 1.56. The standard InChI is InChI=1S/C15H24FN5O/c1-21(2)13-12(16)9-19-14(20-13)18-8-11-7-15(10-22-11)3-5-17-6-4-15/h9,11,17H,3-8,10H2,1-2H3,(H,18,19,20)/t11-/m1/s1. The summed E-state index contributed by atoms with van der Waals surface area (Å²) in [5.41, 5.74) is 0.343. The van der Waals surface area contributed by atoms with Crippen molar-refractivity contribution in [3.8, 4) is 0 Å². The van der Waals surface area contributed by atoms with Crippen molar-refractivity contribution in [2.24, 2.45) is 5.41 Å². The largest absolute Gasteiger partial charge is 0.376 e. The van der Waals surface area contributed by atoms with Crippen LogP contribution >= 0.6 is 0 Å². The maximum atomic E-state index is 13.6. The molecule has 122 valence electrons. The summed E-state index contributed by atoms with van der Waals surface area (Å²) in [5, 5.41) is 6.57. The number of halogens is 1. The van der Waals surface area contributed by atoms with Crippen molar-refractivity contribution in [1.29, 1.82) is 0 Å². The third-order valence-electron chi connectivity index (χ3n) is 4.59. The van der Waals surface area contributed by atoms with Crippen molar-refractivity contribution in [3.63, 3.8) is 0 Å². The first-order valence-corrected chi connectivity index (χ1v) is 7.84. The summed E-state index contributed by atoms with van der Waals surface area (Å²) in [7, 11) is 3.52. The molecule has 22 heavy (non-hydrogen) atoms. The molecule has 2 saturated heterocycles. The number of nitrogens with zero attached hydrogens (tertiary/aromatic N) is 3. The lowest BCUT2D eigenvalue weighted by Crippen LogP contribution is -2.37. The van der Waals surface area contributed by atoms with Crippen LogP contribution in [0.15, 0.2) is 6.20 Å². The van der Waals surface area contributed by atoms with Crippen molar-refractivity contribution in [2.75, 3.05) is 50.6 Å². The number of hydrogen-bond acceptors (Lipinski definition) is 6. The minimum Gasteiger partial charge on any atom is -0.376 e. The molecule has 0 saturated carbocycles. The summed E-state index contributed by atoms with van der Waals surface area (Å²) in [4.78, 5) is 9.83. The molecule has 7 heteroatoms. The molecule has 1 aromatic heterocycles. The zero-order valence-electron chi connectivity index (χ0n) is 13.2. The zero-order valence-corrected chi connectivity index (χ0v) is 13.2. The molecule has 1 spiro atoms. The molecule has 3 heterocycles. The predicted octanol–water partition coefficient (Wildman–Crippen LogP) is 1.25. The highest BCUT2D eigenvalue weighted by atomic mass is 19.1. The molecule has 6 nitrogen and oxygen atoms in total. The van der Waals surface area contributed by atoms with Gasteiger partial charge in [-0.15, -0.1) is 0 Å². The van der Waals surface area contributed by atoms with Gasteiger partial charge in [0.05, 0.1) is 18.9 Å². The average molecular weight is 309 g/mol. The third kappa shape index (κ3) is 3.30. The van der Waals surface area contributed by atoms with E-state index in [4.69, 9.17) is 4.74 Å². The highest BCUT2D eigenvalue weighted by molar-refractivity contribution is 5.42. The highest BCUT2D eigenvalue weighted by Gasteiger charge is 2.40. The first-order chi connectivity index (χ1) is 10.6. The van der Waals surface area contributed by atoms with Gasteiger partial charge in [0.25, 0.3) is 0 Å². The molecule has 0 unspecified atom stereocenters. The van der Waals surface area contributed by atoms with Gasteiger partial charge >= 0.3 is 0 Å². The smallest absolute Gasteiger partial charge is 0.224 e. The topological polar surface area (TPSA) is 62.3 Å². The summed E-state index contributed by atoms with van der Waals surface area (Å²) < 4.78 is 19.5. The molecular weight excluding hydrogens is 285 g/mol. The summed E-state index contributed by atoms with van der Waals surface area (Å²) in [6.07, 6.45) is 4.81. The average Bonchev–Trinajstić information content (AvgIpc) is 2.89. The third-order valence-corrected chi connectivity index (χ3v) is 4.59. The lowest BCUT2D eigenvalue weighted by molar-refractivity contribution is 0.0924. The van der Waals surface area contributed by atoms with Gasteiger partial charge in [-0.1, -0.05) is 0 Å². The second-order valence-corrected chi connectivity index (χ2v) is 6.53. The number of ether oxygens (including phenoxy) is 1. The highest BCUT2D eigenvalue weighted by Crippen LogP contribution is 2.40. The van der Waals surface area contributed by atoms with Crippen LogP contribution in [0.1, 0.15) is 19.3 Å². The molecule has 2 aliphatic heterocycles. The second kappa shape index (κ2) is 6.34. The van der Waals surface area contributed by atoms with Crippen LogP contribution in [-0.4, -0.2) is 56.4 Å². The van der Waals surface area contributed by atoms with E-state index in [-0.39, 0.29) is 6.10 Å². The van der Waals surface area contributed by atoms with Gasteiger partial charge in [0, 0.05) is 20.6 Å². The van der Waals surface area contributed by atoms with Crippen LogP contribution in [0.4, 0.5) is 16.2 Å². The Hall–Kier alpha value is -1.47. The SMILES string of the molecule is CN(C)c1nc(NC[C@H]2CC3(CCNCC3)CO2)ncc1F. The molecule has 0 radical (unpaired) electrons. The van der Waals surface area contributed by atoms with Gasteiger partial charge in [0.15, 0.2) is 11.6 Å². The molecule has 0 aliphatic carbocycles. The Kier molecular flexibility index (Phi) is 4.44. The van der Waals surface area contributed by atoms with E-state index >= 15 is 0 Å². The molecular formula is C15H24FN5O. The molecule has 3 rings (SSSR count). The quantitative estimate of drug-likeness (QED) is 0.873. The van der Waals surface area contributed by atoms with Gasteiger partial charge in [-0.3, -0.25) is 0 Å². The van der Waals surface area contributed by atoms with Crippen molar-refractivity contribution in [2.45, 2.75) is 25.4 Å². The van der Waals surface area contributed by atoms with Crippen LogP contribution in [0.3, 0.4) is 0 Å². The van der Waals surface area contributed by atoms with Crippen LogP contribution in [0.25, 0.3) is 0 Å². The fourth-order valence-corrected chi connectivity index (χ4v) is 3.29. The number of piperidine rings is 1. The van der Waals surface area contributed by atoms with Crippen molar-refractivity contribution in [3.05, 3.63) is 12.0 Å². The van der Waals surface area contributed by atoms with E-state index < -0.39 is 5.82 Å². The van der Waals surface area contributed by atoms with Gasteiger partial charge in [-0.2, -0.15) is 4.98 Å². The summed E-state index contributed by atoms with van der Waals surface area (Å²) in [5.74, 6) is 0.320. The maximum Gasteiger partial charge on any atom is 0.224 e. The molecule has 1 atom stereocenters. The molecule has 2 aliphatic rings. The Morgan fingerprint density at radius 3 is 2.95 bits per heavy atom. The van der Waals surface area contributed by atoms with Gasteiger partial charge in [-0.05, 0) is 37.8 Å². The minimum absolute atomic E-state index is 0.176. The molecule has 0 aromatic carbocycles. The lowest BCUT2D eigenvalue weighted by atomic mass is 9.77. The van der Waals surface area contributed by atoms with E-state index in [0.29, 0.717) is 23.7 Å². The van der Waals surface area contributed by atoms with E-state index in [1.807, 2.05) is 0 Å². The number of nitrogens with one attached hydrogen (secondary N) is 2. The first kappa shape index (κ1) is 15.4. The zero-order chi connectivity index (χ0) is 15.6. The minimum atomic E-state index is -0.415. The summed E-state index contributed by atoms with van der Waals surface area (Å²) >= 11 is 0. The van der Waals surface area contributed by atoms with E-state index in [1.165, 1.54) is 19.0 Å². The molecule has 2 fully saturated rings. The van der Waals surface area contributed by atoms with E-state index in [2.05, 4.69) is 20.6 Å². The van der Waals surface area contributed by atoms with Crippen LogP contribution in [0.5, 0.6) is 0 Å². The second-order valence-electron chi connectivity index (χ2n) is 6.53. The Bertz CT molecular complexity index is 519. The van der Waals surface area contributed by atoms with Crippen LogP contribution < -0.4 is 15.5 Å². The van der Waals surface area contributed by atoms with Gasteiger partial charge < -0.3 is 20.3 Å². The molecule has 2 N–H and O–H groups in total. The van der Waals surface area contributed by atoms with Crippen molar-refractivity contribution in [1.82, 2.24) is 15.3 Å². The summed E-state index contributed by atoms with van der Waals surface area (Å²) in [6.45, 7) is 3.66. The fourth-order valence-electron chi connectivity index (χ4n) is 3.29. The van der Waals surface area contributed by atoms with Gasteiger partial charge in [0.2, 0.25) is 5.95 Å². The molecule has 1 aromatic rings. The maximum absolute atomic E-state index is 13.6. The van der Waals surface area contributed by atoms with E-state index in [0.717, 1.165) is 26.1 Å². The Morgan fingerprint density at radius 1 is 1.45 bits per heavy atom. The van der Waals surface area contributed by atoms with Crippen LogP contribution in [0.2, 0.25) is 0 Å². The Labute approximate surface area is 130 Å². The van der Waals surface area contributed by atoms with Gasteiger partial charge in [-0.25, -0.2) is 9.37 Å². The van der Waals surface area contributed by atoms with Crippen LogP contribution in [-0.2, 0) is 4.74 Å². The van der Waals surface area contributed by atoms with Crippen molar-refractivity contribution < 1.29 is 9.13 Å². The molecule has 0 amide bonds. The predicted molar refractivity (Wildman–Crippen MR) is 83.7 cm³/mol. The fraction of sp³-hybridized carbons (Fsp3) is 0.733.